The smallest absolute Gasteiger partial charge is 0.292 e. The zero-order chi connectivity index (χ0) is 15.4. The third-order valence-electron chi connectivity index (χ3n) is 4.00. The normalized spacial score (nSPS) is 18.4. The van der Waals surface area contributed by atoms with E-state index in [-0.39, 0.29) is 12.0 Å². The molecule has 0 spiro atoms. The van der Waals surface area contributed by atoms with Crippen LogP contribution in [0.25, 0.3) is 0 Å². The van der Waals surface area contributed by atoms with Crippen LogP contribution in [0.3, 0.4) is 0 Å². The number of hydrogen-bond donors (Lipinski definition) is 0. The molecule has 0 bridgehead atoms. The van der Waals surface area contributed by atoms with Gasteiger partial charge in [-0.15, -0.1) is 0 Å². The number of methoxy groups -OCH3 is 1. The Morgan fingerprint density at radius 1 is 1.41 bits per heavy atom. The molecule has 2 aromatic rings. The van der Waals surface area contributed by atoms with Gasteiger partial charge in [0.1, 0.15) is 0 Å². The summed E-state index contributed by atoms with van der Waals surface area (Å²) in [6.45, 7) is 1.36. The van der Waals surface area contributed by atoms with Gasteiger partial charge in [0.2, 0.25) is 5.76 Å². The van der Waals surface area contributed by atoms with Gasteiger partial charge >= 0.3 is 0 Å². The second kappa shape index (κ2) is 6.75. The molecule has 22 heavy (non-hydrogen) atoms. The van der Waals surface area contributed by atoms with Crippen LogP contribution in [0.4, 0.5) is 0 Å². The first-order chi connectivity index (χ1) is 10.8. The highest BCUT2D eigenvalue weighted by Crippen LogP contribution is 2.17. The molecule has 0 saturated carbocycles. The fourth-order valence-corrected chi connectivity index (χ4v) is 2.77. The molecule has 0 aliphatic carbocycles. The first-order valence-corrected chi connectivity index (χ1v) is 7.58. The number of aromatic nitrogens is 1. The maximum absolute atomic E-state index is 12.5. The van der Waals surface area contributed by atoms with Gasteiger partial charge in [0, 0.05) is 32.7 Å². The zero-order valence-corrected chi connectivity index (χ0v) is 12.7. The summed E-state index contributed by atoms with van der Waals surface area (Å²) >= 11 is 0. The first-order valence-electron chi connectivity index (χ1n) is 7.58. The van der Waals surface area contributed by atoms with E-state index in [1.807, 2.05) is 30.3 Å². The predicted octanol–water partition coefficient (Wildman–Crippen LogP) is 2.52. The van der Waals surface area contributed by atoms with Gasteiger partial charge in [0.25, 0.3) is 5.91 Å². The molecule has 5 nitrogen and oxygen atoms in total. The van der Waals surface area contributed by atoms with Gasteiger partial charge in [-0.3, -0.25) is 4.79 Å². The Balaban J connectivity index is 1.66. The lowest BCUT2D eigenvalue weighted by atomic mass is 10.1. The van der Waals surface area contributed by atoms with Crippen LogP contribution in [0.15, 0.2) is 40.9 Å². The SMILES string of the molecule is COC1CCCN(C(=O)c2cc(Cc3ccccc3)no2)C1. The molecular weight excluding hydrogens is 280 g/mol. The number of likely N-dealkylation sites (tertiary alicyclic amines) is 1. The minimum atomic E-state index is -0.103. The van der Waals surface area contributed by atoms with Crippen LogP contribution in [0.5, 0.6) is 0 Å². The molecule has 1 amide bonds. The summed E-state index contributed by atoms with van der Waals surface area (Å²) in [4.78, 5) is 14.2. The number of nitrogens with zero attached hydrogens (tertiary/aromatic N) is 2. The molecule has 1 aromatic heterocycles. The Hall–Kier alpha value is -2.14. The molecule has 0 N–H and O–H groups in total. The lowest BCUT2D eigenvalue weighted by molar-refractivity contribution is 0.0248. The van der Waals surface area contributed by atoms with Gasteiger partial charge in [-0.25, -0.2) is 0 Å². The number of carbonyl (C=O) groups is 1. The lowest BCUT2D eigenvalue weighted by Crippen LogP contribution is -2.42. The summed E-state index contributed by atoms with van der Waals surface area (Å²) in [7, 11) is 1.69. The van der Waals surface area contributed by atoms with Crippen molar-refractivity contribution in [1.29, 1.82) is 0 Å². The highest BCUT2D eigenvalue weighted by molar-refractivity contribution is 5.91. The summed E-state index contributed by atoms with van der Waals surface area (Å²) in [5.74, 6) is 0.205. The molecule has 0 radical (unpaired) electrons. The van der Waals surface area contributed by atoms with Gasteiger partial charge < -0.3 is 14.2 Å². The van der Waals surface area contributed by atoms with Crippen LogP contribution in [0.2, 0.25) is 0 Å². The average Bonchev–Trinajstić information content (AvgIpc) is 3.03. The quantitative estimate of drug-likeness (QED) is 0.870. The summed E-state index contributed by atoms with van der Waals surface area (Å²) in [5.41, 5.74) is 1.92. The Kier molecular flexibility index (Phi) is 4.53. The van der Waals surface area contributed by atoms with Crippen molar-refractivity contribution in [3.63, 3.8) is 0 Å². The molecule has 3 rings (SSSR count). The highest BCUT2D eigenvalue weighted by Gasteiger charge is 2.26. The molecule has 5 heteroatoms. The molecule has 1 saturated heterocycles. The van der Waals surface area contributed by atoms with E-state index >= 15 is 0 Å². The van der Waals surface area contributed by atoms with E-state index in [4.69, 9.17) is 9.26 Å². The molecule has 1 fully saturated rings. The van der Waals surface area contributed by atoms with Crippen molar-refractivity contribution in [3.05, 3.63) is 53.4 Å². The van der Waals surface area contributed by atoms with E-state index in [1.165, 1.54) is 0 Å². The number of amides is 1. The van der Waals surface area contributed by atoms with Crippen molar-refractivity contribution in [2.24, 2.45) is 0 Å². The minimum Gasteiger partial charge on any atom is -0.380 e. The summed E-state index contributed by atoms with van der Waals surface area (Å²) < 4.78 is 10.6. The number of rotatable bonds is 4. The van der Waals surface area contributed by atoms with Crippen LogP contribution in [-0.2, 0) is 11.2 Å². The minimum absolute atomic E-state index is 0.103. The number of ether oxygens (including phenoxy) is 1. The standard InChI is InChI=1S/C17H20N2O3/c1-21-15-8-5-9-19(12-15)17(20)16-11-14(18-22-16)10-13-6-3-2-4-7-13/h2-4,6-7,11,15H,5,8-10,12H2,1H3. The Bertz CT molecular complexity index is 624. The molecule has 116 valence electrons. The van der Waals surface area contributed by atoms with E-state index in [1.54, 1.807) is 18.1 Å². The topological polar surface area (TPSA) is 55.6 Å². The summed E-state index contributed by atoms with van der Waals surface area (Å²) in [6.07, 6.45) is 2.73. The van der Waals surface area contributed by atoms with Crippen LogP contribution in [0, 0.1) is 0 Å². The Labute approximate surface area is 129 Å². The number of benzene rings is 1. The van der Waals surface area contributed by atoms with E-state index in [2.05, 4.69) is 5.16 Å². The summed E-state index contributed by atoms with van der Waals surface area (Å²) in [5, 5.41) is 4.01. The average molecular weight is 300 g/mol. The van der Waals surface area contributed by atoms with Crippen molar-refractivity contribution < 1.29 is 14.1 Å². The van der Waals surface area contributed by atoms with Crippen molar-refractivity contribution in [1.82, 2.24) is 10.1 Å². The first kappa shape index (κ1) is 14.8. The molecule has 2 heterocycles. The highest BCUT2D eigenvalue weighted by atomic mass is 16.5. The van der Waals surface area contributed by atoms with Gasteiger partial charge in [0.05, 0.1) is 11.8 Å². The van der Waals surface area contributed by atoms with Gasteiger partial charge in [0.15, 0.2) is 0 Å². The van der Waals surface area contributed by atoms with E-state index in [0.29, 0.717) is 18.7 Å². The maximum Gasteiger partial charge on any atom is 0.292 e. The van der Waals surface area contributed by atoms with Crippen molar-refractivity contribution in [2.75, 3.05) is 20.2 Å². The van der Waals surface area contributed by atoms with Crippen molar-refractivity contribution >= 4 is 5.91 Å². The molecular formula is C17H20N2O3. The van der Waals surface area contributed by atoms with E-state index in [0.717, 1.165) is 30.6 Å². The maximum atomic E-state index is 12.5. The Morgan fingerprint density at radius 2 is 2.23 bits per heavy atom. The number of piperidine rings is 1. The van der Waals surface area contributed by atoms with Crippen molar-refractivity contribution in [2.45, 2.75) is 25.4 Å². The van der Waals surface area contributed by atoms with Crippen LogP contribution < -0.4 is 0 Å². The van der Waals surface area contributed by atoms with Crippen molar-refractivity contribution in [3.8, 4) is 0 Å². The summed E-state index contributed by atoms with van der Waals surface area (Å²) in [6, 6.07) is 11.8. The fraction of sp³-hybridized carbons (Fsp3) is 0.412. The lowest BCUT2D eigenvalue weighted by Gasteiger charge is -2.31. The molecule has 1 atom stereocenters. The third-order valence-corrected chi connectivity index (χ3v) is 4.00. The largest absolute Gasteiger partial charge is 0.380 e. The number of hydrogen-bond acceptors (Lipinski definition) is 4. The Morgan fingerprint density at radius 3 is 3.00 bits per heavy atom. The van der Waals surface area contributed by atoms with Crippen LogP contribution >= 0.6 is 0 Å². The monoisotopic (exact) mass is 300 g/mol. The second-order valence-corrected chi connectivity index (χ2v) is 5.60. The van der Waals surface area contributed by atoms with Gasteiger partial charge in [-0.05, 0) is 18.4 Å². The molecule has 1 aliphatic rings. The van der Waals surface area contributed by atoms with E-state index in [9.17, 15) is 4.79 Å². The van der Waals surface area contributed by atoms with Gasteiger partial charge in [-0.1, -0.05) is 35.5 Å². The predicted molar refractivity (Wildman–Crippen MR) is 81.7 cm³/mol. The van der Waals surface area contributed by atoms with Crippen LogP contribution in [-0.4, -0.2) is 42.3 Å². The third kappa shape index (κ3) is 3.36. The van der Waals surface area contributed by atoms with Crippen LogP contribution in [0.1, 0.15) is 34.7 Å². The molecule has 1 aliphatic heterocycles. The fourth-order valence-electron chi connectivity index (χ4n) is 2.77. The second-order valence-electron chi connectivity index (χ2n) is 5.60. The van der Waals surface area contributed by atoms with E-state index < -0.39 is 0 Å². The number of carbonyl (C=O) groups excluding carboxylic acids is 1. The molecule has 1 unspecified atom stereocenters. The zero-order valence-electron chi connectivity index (χ0n) is 12.7. The molecule has 1 aromatic carbocycles. The van der Waals surface area contributed by atoms with Gasteiger partial charge in [-0.2, -0.15) is 0 Å².